The second kappa shape index (κ2) is 5.98. The molecule has 128 valence electrons. The molecule has 0 bridgehead atoms. The SMILES string of the molecule is CC(C)(C)c1cc(NC(=O)C(C)(C)S(=O)(=O)C2C=CSC2)no1. The van der Waals surface area contributed by atoms with Gasteiger partial charge in [0.1, 0.15) is 10.5 Å². The molecule has 1 unspecified atom stereocenters. The zero-order chi connectivity index (χ0) is 17.5. The summed E-state index contributed by atoms with van der Waals surface area (Å²) in [6.07, 6.45) is 1.63. The number of aromatic nitrogens is 1. The zero-order valence-electron chi connectivity index (χ0n) is 13.9. The maximum Gasteiger partial charge on any atom is 0.246 e. The highest BCUT2D eigenvalue weighted by Crippen LogP contribution is 2.30. The number of sulfone groups is 1. The molecule has 1 aliphatic heterocycles. The van der Waals surface area contributed by atoms with Crippen LogP contribution in [0.25, 0.3) is 0 Å². The van der Waals surface area contributed by atoms with E-state index in [4.69, 9.17) is 4.52 Å². The first kappa shape index (κ1) is 18.1. The molecule has 8 heteroatoms. The van der Waals surface area contributed by atoms with E-state index in [2.05, 4.69) is 10.5 Å². The summed E-state index contributed by atoms with van der Waals surface area (Å²) in [7, 11) is -3.66. The highest BCUT2D eigenvalue weighted by molar-refractivity contribution is 8.04. The lowest BCUT2D eigenvalue weighted by atomic mass is 9.93. The molecule has 1 amide bonds. The van der Waals surface area contributed by atoms with Crippen LogP contribution in [0.5, 0.6) is 0 Å². The number of rotatable bonds is 4. The van der Waals surface area contributed by atoms with Gasteiger partial charge < -0.3 is 9.84 Å². The Morgan fingerprint density at radius 3 is 2.48 bits per heavy atom. The Hall–Kier alpha value is -1.28. The molecule has 0 saturated heterocycles. The number of hydrogen-bond acceptors (Lipinski definition) is 6. The van der Waals surface area contributed by atoms with E-state index in [1.54, 1.807) is 17.6 Å². The summed E-state index contributed by atoms with van der Waals surface area (Å²) in [6, 6.07) is 1.62. The number of carbonyl (C=O) groups is 1. The van der Waals surface area contributed by atoms with Gasteiger partial charge in [-0.25, -0.2) is 8.42 Å². The number of nitrogens with one attached hydrogen (secondary N) is 1. The summed E-state index contributed by atoms with van der Waals surface area (Å²) in [6.45, 7) is 8.70. The lowest BCUT2D eigenvalue weighted by Crippen LogP contribution is -2.48. The smallest absolute Gasteiger partial charge is 0.246 e. The third kappa shape index (κ3) is 3.47. The summed E-state index contributed by atoms with van der Waals surface area (Å²) in [5.74, 6) is 0.664. The van der Waals surface area contributed by atoms with Crippen LogP contribution < -0.4 is 5.32 Å². The van der Waals surface area contributed by atoms with Gasteiger partial charge in [0.05, 0.1) is 5.25 Å². The zero-order valence-corrected chi connectivity index (χ0v) is 15.5. The monoisotopic (exact) mass is 358 g/mol. The molecule has 23 heavy (non-hydrogen) atoms. The van der Waals surface area contributed by atoms with Crippen molar-refractivity contribution < 1.29 is 17.7 Å². The van der Waals surface area contributed by atoms with Crippen LogP contribution >= 0.6 is 11.8 Å². The van der Waals surface area contributed by atoms with Crippen LogP contribution in [0.1, 0.15) is 40.4 Å². The lowest BCUT2D eigenvalue weighted by molar-refractivity contribution is -0.117. The fraction of sp³-hybridized carbons (Fsp3) is 0.600. The average molecular weight is 358 g/mol. The molecule has 2 heterocycles. The second-order valence-corrected chi connectivity index (χ2v) is 10.7. The lowest BCUT2D eigenvalue weighted by Gasteiger charge is -2.25. The molecule has 1 atom stereocenters. The summed E-state index contributed by atoms with van der Waals surface area (Å²) in [5.41, 5.74) is -0.247. The van der Waals surface area contributed by atoms with Crippen molar-refractivity contribution in [3.8, 4) is 0 Å². The molecule has 0 spiro atoms. The van der Waals surface area contributed by atoms with Crippen molar-refractivity contribution in [2.75, 3.05) is 11.1 Å². The van der Waals surface area contributed by atoms with Crippen LogP contribution in [0, 0.1) is 0 Å². The fourth-order valence-corrected chi connectivity index (χ4v) is 5.12. The van der Waals surface area contributed by atoms with Crippen molar-refractivity contribution in [3.05, 3.63) is 23.3 Å². The van der Waals surface area contributed by atoms with Crippen molar-refractivity contribution in [2.24, 2.45) is 0 Å². The fourth-order valence-electron chi connectivity index (χ4n) is 2.00. The molecular formula is C15H22N2O4S2. The summed E-state index contributed by atoms with van der Waals surface area (Å²) >= 11 is 1.43. The van der Waals surface area contributed by atoms with Gasteiger partial charge in [-0.3, -0.25) is 4.79 Å². The summed E-state index contributed by atoms with van der Waals surface area (Å²) in [5, 5.41) is 7.46. The maximum absolute atomic E-state index is 12.7. The van der Waals surface area contributed by atoms with Gasteiger partial charge in [-0.05, 0) is 19.3 Å². The second-order valence-electron chi connectivity index (χ2n) is 7.04. The summed E-state index contributed by atoms with van der Waals surface area (Å²) < 4.78 is 29.0. The molecule has 1 aliphatic rings. The maximum atomic E-state index is 12.7. The van der Waals surface area contributed by atoms with Crippen molar-refractivity contribution in [2.45, 2.75) is 50.0 Å². The predicted octanol–water partition coefficient (Wildman–Crippen LogP) is 2.73. The van der Waals surface area contributed by atoms with E-state index in [9.17, 15) is 13.2 Å². The Morgan fingerprint density at radius 1 is 1.35 bits per heavy atom. The average Bonchev–Trinajstić information content (AvgIpc) is 3.08. The number of anilines is 1. The van der Waals surface area contributed by atoms with E-state index in [0.29, 0.717) is 11.5 Å². The predicted molar refractivity (Wildman–Crippen MR) is 92.2 cm³/mol. The van der Waals surface area contributed by atoms with E-state index in [1.807, 2.05) is 20.8 Å². The van der Waals surface area contributed by atoms with Gasteiger partial charge in [0, 0.05) is 17.2 Å². The van der Waals surface area contributed by atoms with Crippen LogP contribution in [-0.2, 0) is 20.0 Å². The Bertz CT molecular complexity index is 727. The normalized spacial score (nSPS) is 19.1. The first-order valence-electron chi connectivity index (χ1n) is 7.26. The standard InChI is InChI=1S/C15H22N2O4S2/c1-14(2,3)11-8-12(17-21-11)16-13(18)15(4,5)23(19,20)10-6-7-22-9-10/h6-8,10H,9H2,1-5H3,(H,16,17,18). The van der Waals surface area contributed by atoms with Crippen molar-refractivity contribution >= 4 is 33.3 Å². The highest BCUT2D eigenvalue weighted by atomic mass is 32.2. The molecule has 2 rings (SSSR count). The van der Waals surface area contributed by atoms with E-state index in [1.165, 1.54) is 25.6 Å². The Labute approximate surface area is 141 Å². The van der Waals surface area contributed by atoms with E-state index in [0.717, 1.165) is 0 Å². The molecular weight excluding hydrogens is 336 g/mol. The number of thioether (sulfide) groups is 1. The molecule has 0 fully saturated rings. The minimum atomic E-state index is -3.66. The van der Waals surface area contributed by atoms with Gasteiger partial charge >= 0.3 is 0 Å². The number of amides is 1. The van der Waals surface area contributed by atoms with Crippen LogP contribution in [0.3, 0.4) is 0 Å². The first-order chi connectivity index (χ1) is 10.5. The van der Waals surface area contributed by atoms with Crippen LogP contribution in [0.4, 0.5) is 5.82 Å². The van der Waals surface area contributed by atoms with E-state index < -0.39 is 25.7 Å². The van der Waals surface area contributed by atoms with Gasteiger partial charge in [-0.2, -0.15) is 0 Å². The number of carbonyl (C=O) groups excluding carboxylic acids is 1. The quantitative estimate of drug-likeness (QED) is 0.890. The molecule has 1 N–H and O–H groups in total. The third-order valence-corrected chi connectivity index (χ3v) is 7.64. The van der Waals surface area contributed by atoms with Gasteiger partial charge in [0.15, 0.2) is 15.7 Å². The third-order valence-electron chi connectivity index (χ3n) is 3.80. The van der Waals surface area contributed by atoms with Gasteiger partial charge in [0.2, 0.25) is 5.91 Å². The minimum absolute atomic E-state index is 0.222. The van der Waals surface area contributed by atoms with Gasteiger partial charge in [-0.15, -0.1) is 11.8 Å². The van der Waals surface area contributed by atoms with Crippen molar-refractivity contribution in [1.82, 2.24) is 5.16 Å². The Balaban J connectivity index is 2.19. The molecule has 0 aliphatic carbocycles. The molecule has 1 aromatic rings. The number of nitrogens with zero attached hydrogens (tertiary/aromatic N) is 1. The Kier molecular flexibility index (Phi) is 4.69. The van der Waals surface area contributed by atoms with Crippen LogP contribution in [0.2, 0.25) is 0 Å². The number of hydrogen-bond donors (Lipinski definition) is 1. The van der Waals surface area contributed by atoms with Gasteiger partial charge in [0.25, 0.3) is 0 Å². The molecule has 0 aromatic carbocycles. The largest absolute Gasteiger partial charge is 0.359 e. The van der Waals surface area contributed by atoms with E-state index >= 15 is 0 Å². The van der Waals surface area contributed by atoms with Crippen LogP contribution in [-0.4, -0.2) is 35.2 Å². The first-order valence-corrected chi connectivity index (χ1v) is 9.86. The highest BCUT2D eigenvalue weighted by Gasteiger charge is 2.46. The minimum Gasteiger partial charge on any atom is -0.359 e. The van der Waals surface area contributed by atoms with Crippen molar-refractivity contribution in [1.29, 1.82) is 0 Å². The topological polar surface area (TPSA) is 89.3 Å². The van der Waals surface area contributed by atoms with E-state index in [-0.39, 0.29) is 11.2 Å². The molecule has 6 nitrogen and oxygen atoms in total. The molecule has 0 saturated carbocycles. The van der Waals surface area contributed by atoms with Gasteiger partial charge in [-0.1, -0.05) is 32.0 Å². The molecule has 0 radical (unpaired) electrons. The summed E-state index contributed by atoms with van der Waals surface area (Å²) in [4.78, 5) is 12.5. The van der Waals surface area contributed by atoms with Crippen LogP contribution in [0.15, 0.2) is 22.1 Å². The Morgan fingerprint density at radius 2 is 2.00 bits per heavy atom. The van der Waals surface area contributed by atoms with Crippen molar-refractivity contribution in [3.63, 3.8) is 0 Å². The molecule has 1 aromatic heterocycles.